The van der Waals surface area contributed by atoms with Crippen molar-refractivity contribution in [2.45, 2.75) is 6.18 Å². The van der Waals surface area contributed by atoms with E-state index >= 15 is 0 Å². The van der Waals surface area contributed by atoms with Gasteiger partial charge in [0.15, 0.2) is 5.11 Å². The van der Waals surface area contributed by atoms with Crippen LogP contribution in [-0.2, 0) is 6.18 Å². The number of para-hydroxylation sites is 1. The van der Waals surface area contributed by atoms with Gasteiger partial charge >= 0.3 is 6.18 Å². The minimum absolute atomic E-state index is 0.0530. The fraction of sp³-hybridized carbons (Fsp3) is 0.188. The van der Waals surface area contributed by atoms with Gasteiger partial charge in [-0.15, -0.1) is 0 Å². The maximum absolute atomic E-state index is 13.5. The van der Waals surface area contributed by atoms with Gasteiger partial charge in [-0.2, -0.15) is 13.2 Å². The lowest BCUT2D eigenvalue weighted by Crippen LogP contribution is -2.32. The molecule has 0 heterocycles. The lowest BCUT2D eigenvalue weighted by atomic mass is 10.1. The number of alkyl halides is 3. The van der Waals surface area contributed by atoms with Crippen LogP contribution in [0.15, 0.2) is 42.5 Å². The van der Waals surface area contributed by atoms with E-state index in [0.717, 1.165) is 12.1 Å². The van der Waals surface area contributed by atoms with E-state index in [9.17, 15) is 27.7 Å². The molecule has 0 aliphatic heterocycles. The highest BCUT2D eigenvalue weighted by atomic mass is 32.1. The Hall–Kier alpha value is -2.95. The Bertz CT molecular complexity index is 845. The molecule has 0 amide bonds. The number of hydrogen-bond acceptors (Lipinski definition) is 4. The molecule has 0 atom stereocenters. The smallest absolute Gasteiger partial charge is 0.378 e. The first-order valence-corrected chi connectivity index (χ1v) is 7.98. The van der Waals surface area contributed by atoms with Gasteiger partial charge in [0.25, 0.3) is 5.69 Å². The first kappa shape index (κ1) is 20.4. The molecule has 2 aromatic carbocycles. The highest BCUT2D eigenvalue weighted by molar-refractivity contribution is 7.80. The topological polar surface area (TPSA) is 79.2 Å². The summed E-state index contributed by atoms with van der Waals surface area (Å²) in [5, 5.41) is 19.2. The fourth-order valence-corrected chi connectivity index (χ4v) is 2.32. The number of benzene rings is 2. The van der Waals surface area contributed by atoms with Crippen LogP contribution in [0, 0.1) is 15.9 Å². The molecule has 0 unspecified atom stereocenters. The molecule has 11 heteroatoms. The van der Waals surface area contributed by atoms with Crippen LogP contribution in [0.3, 0.4) is 0 Å². The maximum atomic E-state index is 13.5. The minimum Gasteiger partial charge on any atom is -0.378 e. The van der Waals surface area contributed by atoms with Gasteiger partial charge in [0.05, 0.1) is 16.2 Å². The minimum atomic E-state index is -4.67. The van der Waals surface area contributed by atoms with E-state index in [4.69, 9.17) is 12.2 Å². The van der Waals surface area contributed by atoms with E-state index in [1.54, 1.807) is 6.07 Å². The average molecular weight is 402 g/mol. The number of thiocarbonyl (C=S) groups is 1. The number of hydrogen-bond donors (Lipinski definition) is 3. The lowest BCUT2D eigenvalue weighted by molar-refractivity contribution is -0.384. The number of rotatable bonds is 6. The number of halogens is 4. The van der Waals surface area contributed by atoms with Gasteiger partial charge in [0.2, 0.25) is 0 Å². The maximum Gasteiger partial charge on any atom is 0.416 e. The van der Waals surface area contributed by atoms with Crippen LogP contribution in [-0.4, -0.2) is 23.1 Å². The van der Waals surface area contributed by atoms with Crippen LogP contribution in [0.25, 0.3) is 0 Å². The van der Waals surface area contributed by atoms with Crippen LogP contribution < -0.4 is 16.0 Å². The molecule has 0 spiro atoms. The lowest BCUT2D eigenvalue weighted by Gasteiger charge is -2.13. The van der Waals surface area contributed by atoms with Gasteiger partial charge in [-0.3, -0.25) is 10.1 Å². The summed E-state index contributed by atoms with van der Waals surface area (Å²) in [6.45, 7) is 0.323. The third-order valence-corrected chi connectivity index (χ3v) is 3.62. The van der Waals surface area contributed by atoms with Crippen molar-refractivity contribution >= 4 is 34.4 Å². The molecule has 0 saturated heterocycles. The number of nitrogens with one attached hydrogen (secondary N) is 3. The third-order valence-electron chi connectivity index (χ3n) is 3.37. The van der Waals surface area contributed by atoms with Crippen molar-refractivity contribution in [2.24, 2.45) is 0 Å². The largest absolute Gasteiger partial charge is 0.416 e. The van der Waals surface area contributed by atoms with Crippen LogP contribution in [0.1, 0.15) is 5.56 Å². The van der Waals surface area contributed by atoms with Crippen molar-refractivity contribution < 1.29 is 22.5 Å². The zero-order valence-corrected chi connectivity index (χ0v) is 14.5. The number of anilines is 2. The van der Waals surface area contributed by atoms with Crippen LogP contribution in [0.5, 0.6) is 0 Å². The summed E-state index contributed by atoms with van der Waals surface area (Å²) < 4.78 is 51.5. The highest BCUT2D eigenvalue weighted by Crippen LogP contribution is 2.34. The Kier molecular flexibility index (Phi) is 6.50. The molecule has 2 rings (SSSR count). The molecule has 2 aromatic rings. The van der Waals surface area contributed by atoms with Crippen LogP contribution in [0.2, 0.25) is 0 Å². The molecular formula is C16H14F4N4O2S. The molecule has 0 aliphatic rings. The zero-order chi connectivity index (χ0) is 20.0. The van der Waals surface area contributed by atoms with Gasteiger partial charge in [0.1, 0.15) is 11.5 Å². The van der Waals surface area contributed by atoms with E-state index in [0.29, 0.717) is 6.07 Å². The van der Waals surface area contributed by atoms with E-state index in [1.165, 1.54) is 18.2 Å². The zero-order valence-electron chi connectivity index (χ0n) is 13.6. The van der Waals surface area contributed by atoms with Gasteiger partial charge < -0.3 is 16.0 Å². The Morgan fingerprint density at radius 3 is 2.44 bits per heavy atom. The van der Waals surface area contributed by atoms with Crippen molar-refractivity contribution in [3.8, 4) is 0 Å². The second-order valence-corrected chi connectivity index (χ2v) is 5.68. The molecule has 0 bridgehead atoms. The van der Waals surface area contributed by atoms with E-state index in [-0.39, 0.29) is 29.6 Å². The van der Waals surface area contributed by atoms with E-state index in [2.05, 4.69) is 16.0 Å². The first-order chi connectivity index (χ1) is 12.7. The summed E-state index contributed by atoms with van der Waals surface area (Å²) in [6, 6.07) is 8.13. The fourth-order valence-electron chi connectivity index (χ4n) is 2.11. The van der Waals surface area contributed by atoms with Crippen LogP contribution >= 0.6 is 12.2 Å². The number of nitrogens with zero attached hydrogens (tertiary/aromatic N) is 1. The number of nitro benzene ring substituents is 1. The van der Waals surface area contributed by atoms with Crippen molar-refractivity contribution in [3.05, 3.63) is 64.0 Å². The molecule has 144 valence electrons. The van der Waals surface area contributed by atoms with E-state index in [1.807, 2.05) is 0 Å². The Balaban J connectivity index is 1.90. The predicted octanol–water partition coefficient (Wildman–Crippen LogP) is 4.15. The van der Waals surface area contributed by atoms with Gasteiger partial charge in [0, 0.05) is 19.2 Å². The summed E-state index contributed by atoms with van der Waals surface area (Å²) in [7, 11) is 0. The van der Waals surface area contributed by atoms with Crippen LogP contribution in [0.4, 0.5) is 34.6 Å². The molecule has 0 aliphatic carbocycles. The van der Waals surface area contributed by atoms with Crippen molar-refractivity contribution in [1.29, 1.82) is 0 Å². The van der Waals surface area contributed by atoms with Crippen molar-refractivity contribution in [3.63, 3.8) is 0 Å². The molecule has 0 aromatic heterocycles. The molecule has 3 N–H and O–H groups in total. The van der Waals surface area contributed by atoms with Gasteiger partial charge in [-0.05, 0) is 36.5 Å². The summed E-state index contributed by atoms with van der Waals surface area (Å²) in [6.07, 6.45) is -4.67. The SMILES string of the molecule is O=[N+]([O-])c1cc(C(F)(F)F)ccc1NCCNC(=S)Nc1ccccc1F. The third kappa shape index (κ3) is 5.78. The second kappa shape index (κ2) is 8.62. The molecule has 6 nitrogen and oxygen atoms in total. The number of nitro groups is 1. The van der Waals surface area contributed by atoms with Gasteiger partial charge in [-0.1, -0.05) is 12.1 Å². The highest BCUT2D eigenvalue weighted by Gasteiger charge is 2.32. The van der Waals surface area contributed by atoms with E-state index < -0.39 is 28.2 Å². The summed E-state index contributed by atoms with van der Waals surface area (Å²) in [5.74, 6) is -0.486. The summed E-state index contributed by atoms with van der Waals surface area (Å²) in [4.78, 5) is 10.1. The molecule has 0 fully saturated rings. The second-order valence-electron chi connectivity index (χ2n) is 5.27. The normalized spacial score (nSPS) is 11.0. The molecular weight excluding hydrogens is 388 g/mol. The average Bonchev–Trinajstić information content (AvgIpc) is 2.59. The monoisotopic (exact) mass is 402 g/mol. The quantitative estimate of drug-likeness (QED) is 0.222. The molecule has 0 radical (unpaired) electrons. The first-order valence-electron chi connectivity index (χ1n) is 7.57. The standard InChI is InChI=1S/C16H14F4N4O2S/c17-11-3-1-2-4-12(11)23-15(27)22-8-7-21-13-6-5-10(16(18,19)20)9-14(13)24(25)26/h1-6,9,21H,7-8H2,(H2,22,23,27). The molecule has 0 saturated carbocycles. The Labute approximate surface area is 156 Å². The van der Waals surface area contributed by atoms with Crippen molar-refractivity contribution in [2.75, 3.05) is 23.7 Å². The summed E-state index contributed by atoms with van der Waals surface area (Å²) >= 11 is 5.00. The molecule has 27 heavy (non-hydrogen) atoms. The predicted molar refractivity (Wildman–Crippen MR) is 97.2 cm³/mol. The Morgan fingerprint density at radius 1 is 1.11 bits per heavy atom. The van der Waals surface area contributed by atoms with Crippen molar-refractivity contribution in [1.82, 2.24) is 5.32 Å². The van der Waals surface area contributed by atoms with Gasteiger partial charge in [-0.25, -0.2) is 4.39 Å². The Morgan fingerprint density at radius 2 is 1.81 bits per heavy atom. The summed E-state index contributed by atoms with van der Waals surface area (Å²) in [5.41, 5.74) is -1.66.